The van der Waals surface area contributed by atoms with E-state index in [0.29, 0.717) is 11.6 Å². The van der Waals surface area contributed by atoms with E-state index in [9.17, 15) is 4.79 Å². The van der Waals surface area contributed by atoms with Gasteiger partial charge in [-0.25, -0.2) is 4.79 Å². The molecule has 0 aliphatic carbocycles. The summed E-state index contributed by atoms with van der Waals surface area (Å²) in [6.45, 7) is 8.41. The molecule has 0 saturated carbocycles. The number of nitrogens with one attached hydrogen (secondary N) is 2. The molecule has 1 rings (SSSR count). The first-order chi connectivity index (χ1) is 8.90. The maximum absolute atomic E-state index is 11.5. The summed E-state index contributed by atoms with van der Waals surface area (Å²) in [5.74, 6) is 1.07. The minimum atomic E-state index is -0.534. The van der Waals surface area contributed by atoms with Crippen molar-refractivity contribution in [3.8, 4) is 0 Å². The van der Waals surface area contributed by atoms with E-state index in [1.54, 1.807) is 32.9 Å². The number of hydrogen-bond acceptors (Lipinski definition) is 5. The molecule has 19 heavy (non-hydrogen) atoms. The first-order valence-electron chi connectivity index (χ1n) is 6.48. The highest BCUT2D eigenvalue weighted by Crippen LogP contribution is 2.10. The number of ether oxygens (including phenoxy) is 1. The number of rotatable bonds is 5. The van der Waals surface area contributed by atoms with Crippen LogP contribution < -0.4 is 10.6 Å². The van der Waals surface area contributed by atoms with E-state index < -0.39 is 11.7 Å². The fraction of sp³-hybridized carbons (Fsp3) is 0.615. The zero-order valence-electron chi connectivity index (χ0n) is 12.0. The van der Waals surface area contributed by atoms with Gasteiger partial charge in [0, 0.05) is 6.54 Å². The van der Waals surface area contributed by atoms with Crippen LogP contribution in [-0.4, -0.2) is 28.4 Å². The monoisotopic (exact) mass is 266 g/mol. The summed E-state index contributed by atoms with van der Waals surface area (Å²) < 4.78 is 5.12. The Labute approximate surface area is 113 Å². The van der Waals surface area contributed by atoms with E-state index in [-0.39, 0.29) is 0 Å². The van der Waals surface area contributed by atoms with Crippen LogP contribution in [0, 0.1) is 0 Å². The molecule has 1 amide bonds. The van der Waals surface area contributed by atoms with Crippen molar-refractivity contribution >= 4 is 17.7 Å². The van der Waals surface area contributed by atoms with Gasteiger partial charge in [-0.3, -0.25) is 5.32 Å². The Morgan fingerprint density at radius 2 is 1.89 bits per heavy atom. The van der Waals surface area contributed by atoms with Crippen molar-refractivity contribution in [1.29, 1.82) is 0 Å². The van der Waals surface area contributed by atoms with Gasteiger partial charge in [-0.2, -0.15) is 0 Å². The molecular weight excluding hydrogens is 244 g/mol. The first kappa shape index (κ1) is 15.2. The molecule has 0 radical (unpaired) electrons. The average molecular weight is 266 g/mol. The molecule has 0 fully saturated rings. The number of amides is 1. The van der Waals surface area contributed by atoms with Gasteiger partial charge >= 0.3 is 6.09 Å². The number of aromatic nitrogens is 2. The lowest BCUT2D eigenvalue weighted by atomic mass is 10.2. The second-order valence-corrected chi connectivity index (χ2v) is 5.21. The van der Waals surface area contributed by atoms with Crippen LogP contribution in [0.25, 0.3) is 0 Å². The average Bonchev–Trinajstić information content (AvgIpc) is 2.29. The first-order valence-corrected chi connectivity index (χ1v) is 6.48. The molecule has 1 aromatic heterocycles. The van der Waals surface area contributed by atoms with Gasteiger partial charge in [0.1, 0.15) is 11.4 Å². The highest BCUT2D eigenvalue weighted by atomic mass is 16.6. The molecule has 0 saturated heterocycles. The maximum atomic E-state index is 11.5. The van der Waals surface area contributed by atoms with Gasteiger partial charge in [0.15, 0.2) is 5.82 Å². The fourth-order valence-electron chi connectivity index (χ4n) is 1.29. The molecule has 0 bridgehead atoms. The highest BCUT2D eigenvalue weighted by molar-refractivity contribution is 5.83. The fourth-order valence-corrected chi connectivity index (χ4v) is 1.29. The highest BCUT2D eigenvalue weighted by Gasteiger charge is 2.16. The zero-order valence-corrected chi connectivity index (χ0v) is 12.0. The van der Waals surface area contributed by atoms with Gasteiger partial charge in [-0.15, -0.1) is 10.2 Å². The summed E-state index contributed by atoms with van der Waals surface area (Å²) in [7, 11) is 0. The maximum Gasteiger partial charge on any atom is 0.413 e. The number of carbonyl (C=O) groups is 1. The number of carbonyl (C=O) groups excluding carboxylic acids is 1. The molecule has 0 spiro atoms. The summed E-state index contributed by atoms with van der Waals surface area (Å²) in [5.41, 5.74) is -0.529. The molecule has 0 aliphatic heterocycles. The SMILES string of the molecule is CCCCNc1ccc(NC(=O)OC(C)(C)C)nn1. The number of nitrogens with zero attached hydrogens (tertiary/aromatic N) is 2. The van der Waals surface area contributed by atoms with Gasteiger partial charge in [0.2, 0.25) is 0 Å². The number of unbranched alkanes of at least 4 members (excludes halogenated alkanes) is 1. The Morgan fingerprint density at radius 3 is 2.42 bits per heavy atom. The summed E-state index contributed by atoms with van der Waals surface area (Å²) in [5, 5.41) is 13.5. The molecule has 6 heteroatoms. The van der Waals surface area contributed by atoms with Crippen molar-refractivity contribution in [1.82, 2.24) is 10.2 Å². The molecule has 0 aromatic carbocycles. The standard InChI is InChI=1S/C13H22N4O2/c1-5-6-9-14-10-7-8-11(17-16-10)15-12(18)19-13(2,3)4/h7-8H,5-6,9H2,1-4H3,(H,14,16)(H,15,17,18). The lowest BCUT2D eigenvalue weighted by Crippen LogP contribution is -2.27. The van der Waals surface area contributed by atoms with Crippen molar-refractivity contribution in [2.45, 2.75) is 46.1 Å². The molecule has 1 heterocycles. The second-order valence-electron chi connectivity index (χ2n) is 5.21. The Kier molecular flexibility index (Phi) is 5.54. The van der Waals surface area contributed by atoms with Crippen molar-refractivity contribution < 1.29 is 9.53 Å². The van der Waals surface area contributed by atoms with Crippen LogP contribution in [-0.2, 0) is 4.74 Å². The molecule has 6 nitrogen and oxygen atoms in total. The third kappa shape index (κ3) is 6.59. The Balaban J connectivity index is 2.45. The number of anilines is 2. The third-order valence-electron chi connectivity index (χ3n) is 2.13. The largest absolute Gasteiger partial charge is 0.444 e. The second kappa shape index (κ2) is 6.92. The van der Waals surface area contributed by atoms with Gasteiger partial charge in [0.25, 0.3) is 0 Å². The summed E-state index contributed by atoms with van der Waals surface area (Å²) >= 11 is 0. The molecule has 2 N–H and O–H groups in total. The Morgan fingerprint density at radius 1 is 1.26 bits per heavy atom. The van der Waals surface area contributed by atoms with E-state index in [2.05, 4.69) is 27.8 Å². The third-order valence-corrected chi connectivity index (χ3v) is 2.13. The van der Waals surface area contributed by atoms with E-state index in [0.717, 1.165) is 19.4 Å². The van der Waals surface area contributed by atoms with Gasteiger partial charge in [-0.1, -0.05) is 13.3 Å². The van der Waals surface area contributed by atoms with Crippen LogP contribution in [0.2, 0.25) is 0 Å². The minimum Gasteiger partial charge on any atom is -0.444 e. The summed E-state index contributed by atoms with van der Waals surface area (Å²) in [6, 6.07) is 3.46. The van der Waals surface area contributed by atoms with E-state index in [1.807, 2.05) is 0 Å². The molecule has 0 atom stereocenters. The zero-order chi connectivity index (χ0) is 14.3. The van der Waals surface area contributed by atoms with Gasteiger partial charge < -0.3 is 10.1 Å². The van der Waals surface area contributed by atoms with Crippen molar-refractivity contribution in [3.63, 3.8) is 0 Å². The van der Waals surface area contributed by atoms with Gasteiger partial charge in [0.05, 0.1) is 0 Å². The topological polar surface area (TPSA) is 76.1 Å². The van der Waals surface area contributed by atoms with E-state index in [1.165, 1.54) is 0 Å². The van der Waals surface area contributed by atoms with Crippen molar-refractivity contribution in [3.05, 3.63) is 12.1 Å². The molecule has 0 unspecified atom stereocenters. The van der Waals surface area contributed by atoms with E-state index in [4.69, 9.17) is 4.74 Å². The predicted octanol–water partition coefficient (Wildman–Crippen LogP) is 3.04. The van der Waals surface area contributed by atoms with Crippen LogP contribution in [0.1, 0.15) is 40.5 Å². The van der Waals surface area contributed by atoms with Crippen LogP contribution in [0.3, 0.4) is 0 Å². The van der Waals surface area contributed by atoms with Gasteiger partial charge in [-0.05, 0) is 39.3 Å². The minimum absolute atomic E-state index is 0.371. The van der Waals surface area contributed by atoms with Crippen LogP contribution in [0.5, 0.6) is 0 Å². The quantitative estimate of drug-likeness (QED) is 0.801. The molecule has 106 valence electrons. The van der Waals surface area contributed by atoms with E-state index >= 15 is 0 Å². The normalized spacial score (nSPS) is 10.9. The van der Waals surface area contributed by atoms with Crippen molar-refractivity contribution in [2.75, 3.05) is 17.2 Å². The molecule has 0 aliphatic rings. The summed E-state index contributed by atoms with van der Waals surface area (Å²) in [4.78, 5) is 11.5. The molecular formula is C13H22N4O2. The predicted molar refractivity (Wildman–Crippen MR) is 75.3 cm³/mol. The lowest BCUT2D eigenvalue weighted by molar-refractivity contribution is 0.0635. The van der Waals surface area contributed by atoms with Crippen LogP contribution >= 0.6 is 0 Å². The smallest absolute Gasteiger partial charge is 0.413 e. The lowest BCUT2D eigenvalue weighted by Gasteiger charge is -2.19. The van der Waals surface area contributed by atoms with Crippen LogP contribution in [0.15, 0.2) is 12.1 Å². The Hall–Kier alpha value is -1.85. The van der Waals surface area contributed by atoms with Crippen LogP contribution in [0.4, 0.5) is 16.4 Å². The molecule has 1 aromatic rings. The summed E-state index contributed by atoms with van der Waals surface area (Å²) in [6.07, 6.45) is 1.67. The Bertz CT molecular complexity index is 398. The van der Waals surface area contributed by atoms with Crippen molar-refractivity contribution in [2.24, 2.45) is 0 Å². The number of hydrogen-bond donors (Lipinski definition) is 2.